The number of aromatic nitrogens is 2. The second-order valence-electron chi connectivity index (χ2n) is 7.23. The van der Waals surface area contributed by atoms with E-state index in [1.807, 2.05) is 6.07 Å². The number of hydrogen-bond donors (Lipinski definition) is 2. The number of nitrogens with one attached hydrogen (secondary N) is 2. The normalized spacial score (nSPS) is 14.6. The van der Waals surface area contributed by atoms with Crippen LogP contribution < -0.4 is 15.5 Å². The van der Waals surface area contributed by atoms with E-state index in [1.54, 1.807) is 12.1 Å². The van der Waals surface area contributed by atoms with Crippen LogP contribution in [-0.2, 0) is 6.54 Å². The lowest BCUT2D eigenvalue weighted by Crippen LogP contribution is -2.44. The Labute approximate surface area is 170 Å². The third kappa shape index (κ3) is 5.20. The molecule has 0 atom stereocenters. The predicted octanol–water partition coefficient (Wildman–Crippen LogP) is 3.72. The Bertz CT molecular complexity index is 921. The monoisotopic (exact) mass is 392 g/mol. The van der Waals surface area contributed by atoms with Crippen molar-refractivity contribution in [1.29, 1.82) is 0 Å². The molecule has 6 nitrogen and oxygen atoms in total. The van der Waals surface area contributed by atoms with Crippen molar-refractivity contribution in [3.8, 4) is 0 Å². The van der Waals surface area contributed by atoms with Crippen molar-refractivity contribution in [1.82, 2.24) is 14.9 Å². The molecule has 2 N–H and O–H groups in total. The maximum Gasteiger partial charge on any atom is 0.135 e. The molecule has 3 aromatic rings. The molecule has 0 saturated carbocycles. The van der Waals surface area contributed by atoms with Crippen LogP contribution in [0.5, 0.6) is 0 Å². The summed E-state index contributed by atoms with van der Waals surface area (Å²) in [5, 5.41) is 6.56. The van der Waals surface area contributed by atoms with Gasteiger partial charge in [0.25, 0.3) is 0 Å². The molecule has 29 heavy (non-hydrogen) atoms. The number of rotatable bonds is 6. The van der Waals surface area contributed by atoms with E-state index in [0.29, 0.717) is 18.2 Å². The summed E-state index contributed by atoms with van der Waals surface area (Å²) in [7, 11) is 2.16. The highest BCUT2D eigenvalue weighted by molar-refractivity contribution is 5.62. The minimum atomic E-state index is -0.235. The molecule has 0 bridgehead atoms. The van der Waals surface area contributed by atoms with E-state index < -0.39 is 0 Å². The quantitative estimate of drug-likeness (QED) is 0.667. The van der Waals surface area contributed by atoms with Crippen molar-refractivity contribution >= 4 is 23.0 Å². The molecule has 4 rings (SSSR count). The Kier molecular flexibility index (Phi) is 5.86. The maximum atomic E-state index is 13.0. The molecular weight excluding hydrogens is 367 g/mol. The zero-order valence-electron chi connectivity index (χ0n) is 16.5. The second-order valence-corrected chi connectivity index (χ2v) is 7.23. The van der Waals surface area contributed by atoms with Crippen molar-refractivity contribution in [3.05, 3.63) is 72.3 Å². The van der Waals surface area contributed by atoms with Gasteiger partial charge in [-0.05, 0) is 49.0 Å². The van der Waals surface area contributed by atoms with Crippen molar-refractivity contribution in [3.63, 3.8) is 0 Å². The van der Waals surface area contributed by atoms with Crippen LogP contribution >= 0.6 is 0 Å². The summed E-state index contributed by atoms with van der Waals surface area (Å²) in [6.07, 6.45) is 1.52. The number of benzene rings is 2. The molecule has 150 valence electrons. The largest absolute Gasteiger partial charge is 0.369 e. The Morgan fingerprint density at radius 3 is 2.31 bits per heavy atom. The average molecular weight is 392 g/mol. The number of likely N-dealkylation sites (N-methyl/N-ethyl adjacent to an activating group) is 1. The zero-order chi connectivity index (χ0) is 20.1. The van der Waals surface area contributed by atoms with Gasteiger partial charge in [0, 0.05) is 50.2 Å². The van der Waals surface area contributed by atoms with Gasteiger partial charge in [-0.2, -0.15) is 0 Å². The molecular formula is C22H25FN6. The first-order valence-electron chi connectivity index (χ1n) is 9.77. The predicted molar refractivity (Wildman–Crippen MR) is 115 cm³/mol. The van der Waals surface area contributed by atoms with E-state index in [4.69, 9.17) is 0 Å². The Balaban J connectivity index is 1.35. The van der Waals surface area contributed by atoms with E-state index >= 15 is 0 Å². The minimum absolute atomic E-state index is 0.235. The maximum absolute atomic E-state index is 13.0. The SMILES string of the molecule is CN1CCN(c2ccc(Nc3cc(NCc4ccc(F)cc4)ncn3)cc2)CC1. The fourth-order valence-electron chi connectivity index (χ4n) is 3.29. The number of piperazine rings is 1. The lowest BCUT2D eigenvalue weighted by atomic mass is 10.2. The number of halogens is 1. The van der Waals surface area contributed by atoms with Gasteiger partial charge in [0.05, 0.1) is 0 Å². The van der Waals surface area contributed by atoms with E-state index in [9.17, 15) is 4.39 Å². The van der Waals surface area contributed by atoms with Gasteiger partial charge in [-0.1, -0.05) is 12.1 Å². The van der Waals surface area contributed by atoms with Gasteiger partial charge in [-0.25, -0.2) is 14.4 Å². The highest BCUT2D eigenvalue weighted by Crippen LogP contribution is 2.22. The number of nitrogens with zero attached hydrogens (tertiary/aromatic N) is 4. The molecule has 2 heterocycles. The molecule has 0 unspecified atom stereocenters. The van der Waals surface area contributed by atoms with Crippen molar-refractivity contribution in [2.45, 2.75) is 6.54 Å². The molecule has 1 aliphatic rings. The molecule has 2 aromatic carbocycles. The molecule has 0 radical (unpaired) electrons. The highest BCUT2D eigenvalue weighted by atomic mass is 19.1. The van der Waals surface area contributed by atoms with Crippen LogP contribution in [0.3, 0.4) is 0 Å². The highest BCUT2D eigenvalue weighted by Gasteiger charge is 2.14. The van der Waals surface area contributed by atoms with Crippen LogP contribution in [0.1, 0.15) is 5.56 Å². The lowest BCUT2D eigenvalue weighted by molar-refractivity contribution is 0.313. The second kappa shape index (κ2) is 8.87. The summed E-state index contributed by atoms with van der Waals surface area (Å²) >= 11 is 0. The van der Waals surface area contributed by atoms with Crippen LogP contribution in [0.2, 0.25) is 0 Å². The van der Waals surface area contributed by atoms with E-state index in [2.05, 4.69) is 61.7 Å². The molecule has 7 heteroatoms. The van der Waals surface area contributed by atoms with Crippen molar-refractivity contribution in [2.24, 2.45) is 0 Å². The Morgan fingerprint density at radius 1 is 0.897 bits per heavy atom. The van der Waals surface area contributed by atoms with E-state index in [1.165, 1.54) is 24.1 Å². The topological polar surface area (TPSA) is 56.3 Å². The van der Waals surface area contributed by atoms with Gasteiger partial charge in [0.15, 0.2) is 0 Å². The smallest absolute Gasteiger partial charge is 0.135 e. The zero-order valence-corrected chi connectivity index (χ0v) is 16.5. The van der Waals surface area contributed by atoms with Crippen LogP contribution in [0.4, 0.5) is 27.4 Å². The number of anilines is 4. The van der Waals surface area contributed by atoms with E-state index in [-0.39, 0.29) is 5.82 Å². The molecule has 1 aliphatic heterocycles. The first kappa shape index (κ1) is 19.1. The minimum Gasteiger partial charge on any atom is -0.369 e. The third-order valence-electron chi connectivity index (χ3n) is 5.06. The Hall–Kier alpha value is -3.19. The van der Waals surface area contributed by atoms with E-state index in [0.717, 1.165) is 37.4 Å². The molecule has 1 aromatic heterocycles. The van der Waals surface area contributed by atoms with Crippen LogP contribution in [0, 0.1) is 5.82 Å². The first-order chi connectivity index (χ1) is 14.2. The van der Waals surface area contributed by atoms with Gasteiger partial charge in [0.2, 0.25) is 0 Å². The van der Waals surface area contributed by atoms with Crippen LogP contribution in [-0.4, -0.2) is 48.1 Å². The first-order valence-corrected chi connectivity index (χ1v) is 9.77. The standard InChI is InChI=1S/C22H25FN6/c1-28-10-12-29(13-11-28)20-8-6-19(7-9-20)27-22-14-21(25-16-26-22)24-15-17-2-4-18(23)5-3-17/h2-9,14,16H,10-13,15H2,1H3,(H2,24,25,26,27). The van der Waals surface area contributed by atoms with Gasteiger partial charge in [0.1, 0.15) is 23.8 Å². The van der Waals surface area contributed by atoms with Gasteiger partial charge >= 0.3 is 0 Å². The van der Waals surface area contributed by atoms with Gasteiger partial charge in [-0.15, -0.1) is 0 Å². The third-order valence-corrected chi connectivity index (χ3v) is 5.06. The molecule has 1 fully saturated rings. The van der Waals surface area contributed by atoms with Crippen molar-refractivity contribution < 1.29 is 4.39 Å². The molecule has 0 aliphatic carbocycles. The summed E-state index contributed by atoms with van der Waals surface area (Å²) in [6, 6.07) is 16.7. The van der Waals surface area contributed by atoms with Crippen molar-refractivity contribution in [2.75, 3.05) is 48.8 Å². The fraction of sp³-hybridized carbons (Fsp3) is 0.273. The summed E-state index contributed by atoms with van der Waals surface area (Å²) in [5.41, 5.74) is 3.21. The number of hydrogen-bond acceptors (Lipinski definition) is 6. The fourth-order valence-corrected chi connectivity index (χ4v) is 3.29. The molecule has 0 amide bonds. The lowest BCUT2D eigenvalue weighted by Gasteiger charge is -2.34. The van der Waals surface area contributed by atoms with Crippen LogP contribution in [0.25, 0.3) is 0 Å². The van der Waals surface area contributed by atoms with Gasteiger partial charge < -0.3 is 20.4 Å². The van der Waals surface area contributed by atoms with Crippen LogP contribution in [0.15, 0.2) is 60.9 Å². The summed E-state index contributed by atoms with van der Waals surface area (Å²) in [4.78, 5) is 13.3. The summed E-state index contributed by atoms with van der Waals surface area (Å²) in [5.74, 6) is 1.19. The Morgan fingerprint density at radius 2 is 1.59 bits per heavy atom. The summed E-state index contributed by atoms with van der Waals surface area (Å²) in [6.45, 7) is 4.86. The average Bonchev–Trinajstić information content (AvgIpc) is 2.75. The van der Waals surface area contributed by atoms with Gasteiger partial charge in [-0.3, -0.25) is 0 Å². The molecule has 0 spiro atoms. The molecule has 1 saturated heterocycles. The summed E-state index contributed by atoms with van der Waals surface area (Å²) < 4.78 is 13.0.